The van der Waals surface area contributed by atoms with E-state index in [1.54, 1.807) is 12.1 Å². The highest BCUT2D eigenvalue weighted by Gasteiger charge is 2.35. The van der Waals surface area contributed by atoms with Gasteiger partial charge in [-0.05, 0) is 23.7 Å². The maximum atomic E-state index is 9.71. The Kier molecular flexibility index (Phi) is 1.87. The fourth-order valence-corrected chi connectivity index (χ4v) is 1.47. The molecule has 12 heavy (non-hydrogen) atoms. The Morgan fingerprint density at radius 3 is 2.75 bits per heavy atom. The zero-order valence-electron chi connectivity index (χ0n) is 6.51. The van der Waals surface area contributed by atoms with Crippen molar-refractivity contribution in [2.45, 2.75) is 12.0 Å². The predicted octanol–water partition coefficient (Wildman–Crippen LogP) is 0.810. The van der Waals surface area contributed by atoms with E-state index in [0.717, 1.165) is 5.76 Å². The van der Waals surface area contributed by atoms with Crippen LogP contribution in [0.5, 0.6) is 0 Å². The molecule has 0 unspecified atom stereocenters. The van der Waals surface area contributed by atoms with Crippen molar-refractivity contribution in [2.75, 3.05) is 13.1 Å². The number of rotatable bonds is 2. The second kappa shape index (κ2) is 2.76. The lowest BCUT2D eigenvalue weighted by Crippen LogP contribution is -2.60. The summed E-state index contributed by atoms with van der Waals surface area (Å²) < 4.78 is 5.13. The largest absolute Gasteiger partial charge is 0.450 e. The van der Waals surface area contributed by atoms with Crippen molar-refractivity contribution < 1.29 is 9.52 Å². The van der Waals surface area contributed by atoms with E-state index in [1.165, 1.54) is 0 Å². The van der Waals surface area contributed by atoms with Gasteiger partial charge in [-0.15, -0.1) is 0 Å². The summed E-state index contributed by atoms with van der Waals surface area (Å²) in [5.74, 6) is 0.740. The van der Waals surface area contributed by atoms with E-state index < -0.39 is 5.60 Å². The van der Waals surface area contributed by atoms with Gasteiger partial charge in [-0.2, -0.15) is 0 Å². The number of β-amino-alcohol motifs (C(OH)–C–C–N with tert-alkyl or cyclic N) is 1. The quantitative estimate of drug-likeness (QED) is 0.721. The third-order valence-corrected chi connectivity index (χ3v) is 2.24. The molecule has 0 radical (unpaired) electrons. The van der Waals surface area contributed by atoms with E-state index in [2.05, 4.69) is 5.32 Å². The van der Waals surface area contributed by atoms with E-state index in [1.807, 2.05) is 0 Å². The van der Waals surface area contributed by atoms with Gasteiger partial charge >= 0.3 is 0 Å². The molecule has 3 nitrogen and oxygen atoms in total. The number of furan rings is 1. The fourth-order valence-electron chi connectivity index (χ4n) is 1.31. The highest BCUT2D eigenvalue weighted by molar-refractivity contribution is 6.28. The molecule has 0 aliphatic carbocycles. The molecule has 1 aromatic heterocycles. The van der Waals surface area contributed by atoms with Crippen molar-refractivity contribution in [3.8, 4) is 0 Å². The topological polar surface area (TPSA) is 45.4 Å². The van der Waals surface area contributed by atoms with Crippen LogP contribution in [-0.2, 0) is 6.42 Å². The lowest BCUT2D eigenvalue weighted by atomic mass is 9.92. The molecule has 1 fully saturated rings. The molecule has 2 N–H and O–H groups in total. The summed E-state index contributed by atoms with van der Waals surface area (Å²) in [5, 5.41) is 13.1. The van der Waals surface area contributed by atoms with Gasteiger partial charge in [-0.3, -0.25) is 0 Å². The minimum atomic E-state index is -0.624. The smallest absolute Gasteiger partial charge is 0.193 e. The van der Waals surface area contributed by atoms with Crippen LogP contribution in [0.2, 0.25) is 5.22 Å². The maximum Gasteiger partial charge on any atom is 0.193 e. The van der Waals surface area contributed by atoms with Crippen molar-refractivity contribution in [3.05, 3.63) is 23.1 Å². The number of hydrogen-bond donors (Lipinski definition) is 2. The highest BCUT2D eigenvalue weighted by Crippen LogP contribution is 2.21. The van der Waals surface area contributed by atoms with Gasteiger partial charge in [0.2, 0.25) is 0 Å². The van der Waals surface area contributed by atoms with E-state index in [-0.39, 0.29) is 0 Å². The van der Waals surface area contributed by atoms with Crippen LogP contribution in [0.25, 0.3) is 0 Å². The van der Waals surface area contributed by atoms with Crippen LogP contribution in [-0.4, -0.2) is 23.8 Å². The molecular weight excluding hydrogens is 178 g/mol. The molecule has 66 valence electrons. The first-order valence-corrected chi connectivity index (χ1v) is 4.23. The van der Waals surface area contributed by atoms with Gasteiger partial charge in [0.25, 0.3) is 0 Å². The van der Waals surface area contributed by atoms with E-state index in [9.17, 15) is 5.11 Å². The normalized spacial score (nSPS) is 20.5. The zero-order chi connectivity index (χ0) is 8.60. The molecule has 1 aromatic rings. The molecule has 0 spiro atoms. The zero-order valence-corrected chi connectivity index (χ0v) is 7.27. The molecular formula is C8H10ClNO2. The molecule has 0 atom stereocenters. The number of nitrogens with one attached hydrogen (secondary N) is 1. The monoisotopic (exact) mass is 187 g/mol. The van der Waals surface area contributed by atoms with Crippen LogP contribution in [0, 0.1) is 0 Å². The molecule has 2 heterocycles. The summed E-state index contributed by atoms with van der Waals surface area (Å²) in [6.07, 6.45) is 0.534. The van der Waals surface area contributed by atoms with Crippen molar-refractivity contribution in [1.29, 1.82) is 0 Å². The first-order valence-electron chi connectivity index (χ1n) is 3.85. The summed E-state index contributed by atoms with van der Waals surface area (Å²) in [7, 11) is 0. The molecule has 0 saturated carbocycles. The third-order valence-electron chi connectivity index (χ3n) is 2.04. The molecule has 1 aliphatic rings. The number of aliphatic hydroxyl groups is 1. The molecule has 1 saturated heterocycles. The van der Waals surface area contributed by atoms with Gasteiger partial charge < -0.3 is 14.8 Å². The molecule has 1 aliphatic heterocycles. The maximum absolute atomic E-state index is 9.71. The van der Waals surface area contributed by atoms with Crippen molar-refractivity contribution in [2.24, 2.45) is 0 Å². The summed E-state index contributed by atoms with van der Waals surface area (Å²) >= 11 is 5.59. The van der Waals surface area contributed by atoms with Crippen molar-refractivity contribution in [3.63, 3.8) is 0 Å². The third kappa shape index (κ3) is 1.48. The van der Waals surface area contributed by atoms with Gasteiger partial charge in [0, 0.05) is 19.5 Å². The molecule has 0 bridgehead atoms. The van der Waals surface area contributed by atoms with Crippen LogP contribution < -0.4 is 5.32 Å². The van der Waals surface area contributed by atoms with Crippen LogP contribution in [0.4, 0.5) is 0 Å². The van der Waals surface area contributed by atoms with Crippen LogP contribution >= 0.6 is 11.6 Å². The van der Waals surface area contributed by atoms with Crippen molar-refractivity contribution >= 4 is 11.6 Å². The van der Waals surface area contributed by atoms with E-state index >= 15 is 0 Å². The second-order valence-electron chi connectivity index (χ2n) is 3.21. The van der Waals surface area contributed by atoms with Gasteiger partial charge in [0.1, 0.15) is 5.76 Å². The lowest BCUT2D eigenvalue weighted by Gasteiger charge is -2.36. The molecule has 0 amide bonds. The van der Waals surface area contributed by atoms with Gasteiger partial charge in [-0.1, -0.05) is 0 Å². The minimum Gasteiger partial charge on any atom is -0.450 e. The van der Waals surface area contributed by atoms with Crippen LogP contribution in [0.3, 0.4) is 0 Å². The molecule has 0 aromatic carbocycles. The van der Waals surface area contributed by atoms with Gasteiger partial charge in [-0.25, -0.2) is 0 Å². The predicted molar refractivity (Wildman–Crippen MR) is 45.2 cm³/mol. The van der Waals surface area contributed by atoms with Crippen LogP contribution in [0.15, 0.2) is 16.5 Å². The Bertz CT molecular complexity index is 280. The molecule has 4 heteroatoms. The average molecular weight is 188 g/mol. The fraction of sp³-hybridized carbons (Fsp3) is 0.500. The Hall–Kier alpha value is -0.510. The average Bonchev–Trinajstić information content (AvgIpc) is 2.32. The standard InChI is InChI=1S/C8H10ClNO2/c9-7-2-1-6(12-7)3-8(11)4-10-5-8/h1-2,10-11H,3-5H2. The van der Waals surface area contributed by atoms with Gasteiger partial charge in [0.15, 0.2) is 5.22 Å². The van der Waals surface area contributed by atoms with E-state index in [4.69, 9.17) is 16.0 Å². The Balaban J connectivity index is 2.03. The van der Waals surface area contributed by atoms with Crippen molar-refractivity contribution in [1.82, 2.24) is 5.32 Å². The molecule has 2 rings (SSSR count). The Morgan fingerprint density at radius 1 is 1.58 bits per heavy atom. The summed E-state index contributed by atoms with van der Waals surface area (Å²) in [5.41, 5.74) is -0.624. The Labute approximate surface area is 75.3 Å². The van der Waals surface area contributed by atoms with Gasteiger partial charge in [0.05, 0.1) is 5.60 Å². The SMILES string of the molecule is OC1(Cc2ccc(Cl)o2)CNC1. The van der Waals surface area contributed by atoms with E-state index in [0.29, 0.717) is 24.7 Å². The summed E-state index contributed by atoms with van der Waals surface area (Å²) in [4.78, 5) is 0. The summed E-state index contributed by atoms with van der Waals surface area (Å²) in [6, 6.07) is 3.48. The first-order chi connectivity index (χ1) is 5.68. The number of hydrogen-bond acceptors (Lipinski definition) is 3. The highest BCUT2D eigenvalue weighted by atomic mass is 35.5. The Morgan fingerprint density at radius 2 is 2.33 bits per heavy atom. The number of halogens is 1. The summed E-state index contributed by atoms with van der Waals surface area (Å²) in [6.45, 7) is 1.26. The second-order valence-corrected chi connectivity index (χ2v) is 3.58. The lowest BCUT2D eigenvalue weighted by molar-refractivity contribution is -0.0129. The van der Waals surface area contributed by atoms with Crippen LogP contribution in [0.1, 0.15) is 5.76 Å². The minimum absolute atomic E-state index is 0.376. The first kappa shape index (κ1) is 8.10.